The molecule has 0 radical (unpaired) electrons. The molecule has 0 saturated carbocycles. The van der Waals surface area contributed by atoms with Gasteiger partial charge in [-0.15, -0.1) is 0 Å². The summed E-state index contributed by atoms with van der Waals surface area (Å²) in [7, 11) is 1.86. The van der Waals surface area contributed by atoms with Gasteiger partial charge in [0, 0.05) is 19.2 Å². The molecule has 3 heterocycles. The predicted octanol–water partition coefficient (Wildman–Crippen LogP) is 2.07. The van der Waals surface area contributed by atoms with Crippen LogP contribution in [0.15, 0.2) is 30.3 Å². The number of urea groups is 1. The maximum Gasteiger partial charge on any atom is 0.325 e. The van der Waals surface area contributed by atoms with Crippen LogP contribution in [0.25, 0.3) is 0 Å². The quantitative estimate of drug-likeness (QED) is 0.760. The van der Waals surface area contributed by atoms with Crippen molar-refractivity contribution in [2.24, 2.45) is 13.0 Å². The standard InChI is InChI=1S/C22H29N5O2/c1-15-6-4-5-7-17(15)13-22(18-8-10-23-11-9-18)20(28)27(21(29)24-22)14-19-12-16(2)26(3)25-19/h4-7,12,18,23H,8-11,13-14H2,1-3H3,(H,24,29). The second-order valence-corrected chi connectivity index (χ2v) is 8.32. The van der Waals surface area contributed by atoms with Crippen LogP contribution in [-0.2, 0) is 24.8 Å². The van der Waals surface area contributed by atoms with Gasteiger partial charge in [-0.05, 0) is 62.9 Å². The molecule has 1 aromatic heterocycles. The second-order valence-electron chi connectivity index (χ2n) is 8.32. The lowest BCUT2D eigenvalue weighted by atomic mass is 9.73. The third kappa shape index (κ3) is 3.55. The van der Waals surface area contributed by atoms with E-state index < -0.39 is 5.54 Å². The van der Waals surface area contributed by atoms with Crippen LogP contribution in [0.1, 0.15) is 35.4 Å². The number of carbonyl (C=O) groups is 2. The van der Waals surface area contributed by atoms with Gasteiger partial charge in [0.15, 0.2) is 0 Å². The highest BCUT2D eigenvalue weighted by molar-refractivity contribution is 6.07. The van der Waals surface area contributed by atoms with Gasteiger partial charge in [0.1, 0.15) is 5.54 Å². The van der Waals surface area contributed by atoms with E-state index in [1.165, 1.54) is 4.90 Å². The van der Waals surface area contributed by atoms with Gasteiger partial charge in [0.2, 0.25) is 0 Å². The van der Waals surface area contributed by atoms with E-state index in [0.29, 0.717) is 6.42 Å². The van der Waals surface area contributed by atoms with Gasteiger partial charge in [0.25, 0.3) is 5.91 Å². The van der Waals surface area contributed by atoms with E-state index in [1.807, 2.05) is 32.2 Å². The Hall–Kier alpha value is -2.67. The number of imide groups is 1. The van der Waals surface area contributed by atoms with Crippen LogP contribution in [0.5, 0.6) is 0 Å². The maximum absolute atomic E-state index is 13.7. The minimum Gasteiger partial charge on any atom is -0.322 e. The molecule has 0 aliphatic carbocycles. The van der Waals surface area contributed by atoms with Crippen molar-refractivity contribution in [1.29, 1.82) is 0 Å². The summed E-state index contributed by atoms with van der Waals surface area (Å²) in [5.74, 6) is -0.0174. The molecule has 2 aromatic rings. The topological polar surface area (TPSA) is 79.3 Å². The Morgan fingerprint density at radius 3 is 2.55 bits per heavy atom. The SMILES string of the molecule is Cc1ccccc1CC1(C2CCNCC2)NC(=O)N(Cc2cc(C)n(C)n2)C1=O. The molecule has 154 valence electrons. The molecule has 4 rings (SSSR count). The summed E-state index contributed by atoms with van der Waals surface area (Å²) >= 11 is 0. The number of hydrogen-bond acceptors (Lipinski definition) is 4. The van der Waals surface area contributed by atoms with Crippen LogP contribution in [0, 0.1) is 19.8 Å². The van der Waals surface area contributed by atoms with E-state index in [1.54, 1.807) is 4.68 Å². The van der Waals surface area contributed by atoms with E-state index in [-0.39, 0.29) is 24.4 Å². The molecule has 0 spiro atoms. The average Bonchev–Trinajstić information content (AvgIpc) is 3.15. The lowest BCUT2D eigenvalue weighted by molar-refractivity contribution is -0.134. The fraction of sp³-hybridized carbons (Fsp3) is 0.500. The summed E-state index contributed by atoms with van der Waals surface area (Å²) < 4.78 is 1.77. The Balaban J connectivity index is 1.67. The van der Waals surface area contributed by atoms with E-state index in [2.05, 4.69) is 34.8 Å². The predicted molar refractivity (Wildman–Crippen MR) is 110 cm³/mol. The zero-order valence-corrected chi connectivity index (χ0v) is 17.4. The van der Waals surface area contributed by atoms with Crippen molar-refractivity contribution in [3.05, 3.63) is 52.8 Å². The van der Waals surface area contributed by atoms with Crippen molar-refractivity contribution in [3.63, 3.8) is 0 Å². The minimum atomic E-state index is -0.894. The highest BCUT2D eigenvalue weighted by atomic mass is 16.2. The van der Waals surface area contributed by atoms with E-state index >= 15 is 0 Å². The number of rotatable bonds is 5. The number of aryl methyl sites for hydroxylation is 3. The summed E-state index contributed by atoms with van der Waals surface area (Å²) in [6.45, 7) is 5.94. The lowest BCUT2D eigenvalue weighted by Crippen LogP contribution is -2.57. The zero-order valence-electron chi connectivity index (χ0n) is 17.4. The number of benzene rings is 1. The average molecular weight is 396 g/mol. The van der Waals surface area contributed by atoms with Gasteiger partial charge in [-0.25, -0.2) is 4.79 Å². The maximum atomic E-state index is 13.7. The first kappa shape index (κ1) is 19.6. The first-order valence-electron chi connectivity index (χ1n) is 10.3. The van der Waals surface area contributed by atoms with E-state index in [0.717, 1.165) is 48.4 Å². The Morgan fingerprint density at radius 1 is 1.17 bits per heavy atom. The Kier molecular flexibility index (Phi) is 5.17. The third-order valence-electron chi connectivity index (χ3n) is 6.45. The van der Waals surface area contributed by atoms with Crippen LogP contribution in [0.2, 0.25) is 0 Å². The highest BCUT2D eigenvalue weighted by Crippen LogP contribution is 2.36. The van der Waals surface area contributed by atoms with Crippen molar-refractivity contribution < 1.29 is 9.59 Å². The van der Waals surface area contributed by atoms with E-state index in [4.69, 9.17) is 0 Å². The minimum absolute atomic E-state index is 0.107. The van der Waals surface area contributed by atoms with Crippen molar-refractivity contribution in [3.8, 4) is 0 Å². The zero-order chi connectivity index (χ0) is 20.6. The molecule has 2 saturated heterocycles. The van der Waals surface area contributed by atoms with Gasteiger partial charge in [-0.1, -0.05) is 24.3 Å². The number of carbonyl (C=O) groups excluding carboxylic acids is 2. The van der Waals surface area contributed by atoms with Crippen molar-refractivity contribution >= 4 is 11.9 Å². The Morgan fingerprint density at radius 2 is 1.90 bits per heavy atom. The third-order valence-corrected chi connectivity index (χ3v) is 6.45. The molecular formula is C22H29N5O2. The fourth-order valence-corrected chi connectivity index (χ4v) is 4.63. The summed E-state index contributed by atoms with van der Waals surface area (Å²) in [5.41, 5.74) is 3.08. The van der Waals surface area contributed by atoms with Gasteiger partial charge in [-0.2, -0.15) is 5.10 Å². The first-order valence-corrected chi connectivity index (χ1v) is 10.3. The van der Waals surface area contributed by atoms with Crippen LogP contribution < -0.4 is 10.6 Å². The molecule has 2 N–H and O–H groups in total. The van der Waals surface area contributed by atoms with Gasteiger partial charge in [-0.3, -0.25) is 14.4 Å². The van der Waals surface area contributed by atoms with E-state index in [9.17, 15) is 9.59 Å². The van der Waals surface area contributed by atoms with Crippen molar-refractivity contribution in [1.82, 2.24) is 25.3 Å². The number of nitrogens with zero attached hydrogens (tertiary/aromatic N) is 3. The molecule has 2 aliphatic rings. The molecule has 2 fully saturated rings. The molecule has 2 aliphatic heterocycles. The highest BCUT2D eigenvalue weighted by Gasteiger charge is 2.55. The molecule has 1 atom stereocenters. The number of hydrogen-bond donors (Lipinski definition) is 2. The van der Waals surface area contributed by atoms with Crippen LogP contribution >= 0.6 is 0 Å². The van der Waals surface area contributed by atoms with Crippen LogP contribution in [0.4, 0.5) is 4.79 Å². The first-order chi connectivity index (χ1) is 13.9. The summed E-state index contributed by atoms with van der Waals surface area (Å²) in [6, 6.07) is 9.72. The molecule has 7 heteroatoms. The van der Waals surface area contributed by atoms with Gasteiger partial charge >= 0.3 is 6.03 Å². The smallest absolute Gasteiger partial charge is 0.322 e. The monoisotopic (exact) mass is 395 g/mol. The fourth-order valence-electron chi connectivity index (χ4n) is 4.63. The molecule has 3 amide bonds. The second kappa shape index (κ2) is 7.63. The number of aromatic nitrogens is 2. The molecular weight excluding hydrogens is 366 g/mol. The Bertz CT molecular complexity index is 912. The molecule has 1 unspecified atom stereocenters. The summed E-state index contributed by atoms with van der Waals surface area (Å²) in [6.07, 6.45) is 2.26. The summed E-state index contributed by atoms with van der Waals surface area (Å²) in [4.78, 5) is 28.0. The normalized spacial score (nSPS) is 22.9. The lowest BCUT2D eigenvalue weighted by Gasteiger charge is -2.38. The summed E-state index contributed by atoms with van der Waals surface area (Å²) in [5, 5.41) is 10.9. The van der Waals surface area contributed by atoms with Crippen LogP contribution in [0.3, 0.4) is 0 Å². The molecule has 1 aromatic carbocycles. The van der Waals surface area contributed by atoms with Gasteiger partial charge in [0.05, 0.1) is 12.2 Å². The number of piperidine rings is 1. The van der Waals surface area contributed by atoms with Crippen molar-refractivity contribution in [2.75, 3.05) is 13.1 Å². The molecule has 29 heavy (non-hydrogen) atoms. The molecule has 7 nitrogen and oxygen atoms in total. The van der Waals surface area contributed by atoms with Gasteiger partial charge < -0.3 is 10.6 Å². The van der Waals surface area contributed by atoms with Crippen LogP contribution in [-0.4, -0.2) is 45.2 Å². The van der Waals surface area contributed by atoms with Crippen molar-refractivity contribution in [2.45, 2.75) is 45.2 Å². The number of amides is 3. The Labute approximate surface area is 171 Å². The largest absolute Gasteiger partial charge is 0.325 e. The number of nitrogens with one attached hydrogen (secondary N) is 2. The molecule has 0 bridgehead atoms.